The molecule has 0 aliphatic carbocycles. The highest BCUT2D eigenvalue weighted by molar-refractivity contribution is 9.08. The SMILES string of the molecule is Cc1nn(C)c(Cl)c1COc1c(F)cccc1CBr. The average Bonchev–Trinajstić information content (AvgIpc) is 2.62. The summed E-state index contributed by atoms with van der Waals surface area (Å²) in [5.74, 6) is -0.131. The van der Waals surface area contributed by atoms with Crippen LogP contribution >= 0.6 is 27.5 Å². The normalized spacial score (nSPS) is 10.8. The molecular weight excluding hydrogens is 335 g/mol. The smallest absolute Gasteiger partial charge is 0.165 e. The standard InChI is InChI=1S/C13H13BrClFN2O/c1-8-10(13(15)18(2)17-8)7-19-12-9(6-14)4-3-5-11(12)16/h3-5H,6-7H2,1-2H3. The van der Waals surface area contributed by atoms with Gasteiger partial charge in [-0.25, -0.2) is 4.39 Å². The van der Waals surface area contributed by atoms with Crippen molar-refractivity contribution in [3.05, 3.63) is 46.0 Å². The molecule has 0 aliphatic heterocycles. The van der Waals surface area contributed by atoms with Crippen LogP contribution in [0.2, 0.25) is 5.15 Å². The van der Waals surface area contributed by atoms with Crippen molar-refractivity contribution in [2.45, 2.75) is 18.9 Å². The maximum Gasteiger partial charge on any atom is 0.165 e. The number of rotatable bonds is 4. The topological polar surface area (TPSA) is 27.1 Å². The van der Waals surface area contributed by atoms with Gasteiger partial charge in [0.15, 0.2) is 11.6 Å². The highest BCUT2D eigenvalue weighted by Crippen LogP contribution is 2.27. The summed E-state index contributed by atoms with van der Waals surface area (Å²) < 4.78 is 20.9. The van der Waals surface area contributed by atoms with Crippen LogP contribution in [0.15, 0.2) is 18.2 Å². The summed E-state index contributed by atoms with van der Waals surface area (Å²) in [4.78, 5) is 0. The first-order valence-corrected chi connectivity index (χ1v) is 7.18. The Kier molecular flexibility index (Phi) is 4.47. The number of benzene rings is 1. The van der Waals surface area contributed by atoms with Crippen molar-refractivity contribution in [2.75, 3.05) is 0 Å². The van der Waals surface area contributed by atoms with E-state index in [2.05, 4.69) is 21.0 Å². The molecule has 1 heterocycles. The van der Waals surface area contributed by atoms with Crippen LogP contribution in [0.5, 0.6) is 5.75 Å². The predicted molar refractivity (Wildman–Crippen MR) is 76.3 cm³/mol. The van der Waals surface area contributed by atoms with Crippen molar-refractivity contribution in [2.24, 2.45) is 7.05 Å². The molecule has 0 saturated heterocycles. The number of ether oxygens (including phenoxy) is 1. The van der Waals surface area contributed by atoms with Crippen LogP contribution in [0.4, 0.5) is 4.39 Å². The van der Waals surface area contributed by atoms with Crippen LogP contribution in [-0.2, 0) is 19.0 Å². The number of aromatic nitrogens is 2. The van der Waals surface area contributed by atoms with Gasteiger partial charge in [-0.2, -0.15) is 5.10 Å². The van der Waals surface area contributed by atoms with E-state index >= 15 is 0 Å². The number of aryl methyl sites for hydroxylation is 2. The lowest BCUT2D eigenvalue weighted by Crippen LogP contribution is -2.01. The van der Waals surface area contributed by atoms with Gasteiger partial charge >= 0.3 is 0 Å². The van der Waals surface area contributed by atoms with Gasteiger partial charge in [-0.15, -0.1) is 0 Å². The minimum Gasteiger partial charge on any atom is -0.485 e. The molecule has 6 heteroatoms. The number of nitrogens with zero attached hydrogens (tertiary/aromatic N) is 2. The molecule has 2 rings (SSSR count). The third-order valence-electron chi connectivity index (χ3n) is 2.82. The molecule has 19 heavy (non-hydrogen) atoms. The third-order valence-corrected chi connectivity index (χ3v) is 3.90. The fraction of sp³-hybridized carbons (Fsp3) is 0.308. The largest absolute Gasteiger partial charge is 0.485 e. The summed E-state index contributed by atoms with van der Waals surface area (Å²) in [5.41, 5.74) is 2.31. The number of hydrogen-bond donors (Lipinski definition) is 0. The molecule has 3 nitrogen and oxygen atoms in total. The van der Waals surface area contributed by atoms with Gasteiger partial charge in [-0.05, 0) is 13.0 Å². The first-order chi connectivity index (χ1) is 9.04. The zero-order valence-electron chi connectivity index (χ0n) is 10.6. The van der Waals surface area contributed by atoms with E-state index in [1.165, 1.54) is 6.07 Å². The van der Waals surface area contributed by atoms with Gasteiger partial charge in [-0.1, -0.05) is 39.7 Å². The highest BCUT2D eigenvalue weighted by atomic mass is 79.9. The molecule has 0 amide bonds. The van der Waals surface area contributed by atoms with Crippen LogP contribution in [0.3, 0.4) is 0 Å². The zero-order chi connectivity index (χ0) is 14.0. The average molecular weight is 348 g/mol. The van der Waals surface area contributed by atoms with Crippen molar-refractivity contribution >= 4 is 27.5 Å². The molecule has 0 fully saturated rings. The van der Waals surface area contributed by atoms with Gasteiger partial charge in [0.05, 0.1) is 5.69 Å². The van der Waals surface area contributed by atoms with Gasteiger partial charge in [0.1, 0.15) is 11.8 Å². The van der Waals surface area contributed by atoms with E-state index in [1.54, 1.807) is 17.8 Å². The Morgan fingerprint density at radius 3 is 2.79 bits per heavy atom. The Hall–Kier alpha value is -1.07. The first-order valence-electron chi connectivity index (χ1n) is 5.68. The molecule has 0 aliphatic rings. The molecule has 0 bridgehead atoms. The molecule has 1 aromatic heterocycles. The molecule has 2 aromatic rings. The van der Waals surface area contributed by atoms with E-state index < -0.39 is 0 Å². The monoisotopic (exact) mass is 346 g/mol. The molecule has 0 spiro atoms. The van der Waals surface area contributed by atoms with Crippen molar-refractivity contribution in [3.63, 3.8) is 0 Å². The van der Waals surface area contributed by atoms with Crippen molar-refractivity contribution in [1.82, 2.24) is 9.78 Å². The van der Waals surface area contributed by atoms with Crippen molar-refractivity contribution in [3.8, 4) is 5.75 Å². The maximum absolute atomic E-state index is 13.7. The summed E-state index contributed by atoms with van der Waals surface area (Å²) in [7, 11) is 1.76. The van der Waals surface area contributed by atoms with E-state index in [4.69, 9.17) is 16.3 Å². The van der Waals surface area contributed by atoms with Gasteiger partial charge < -0.3 is 4.74 Å². The molecule has 1 aromatic carbocycles. The number of hydrogen-bond acceptors (Lipinski definition) is 2. The first kappa shape index (κ1) is 14.3. The minimum absolute atomic E-state index is 0.194. The van der Waals surface area contributed by atoms with Gasteiger partial charge in [-0.3, -0.25) is 4.68 Å². The summed E-state index contributed by atoms with van der Waals surface area (Å²) in [5, 5.41) is 5.23. The van der Waals surface area contributed by atoms with Crippen molar-refractivity contribution < 1.29 is 9.13 Å². The molecule has 102 valence electrons. The van der Waals surface area contributed by atoms with E-state index in [0.29, 0.717) is 10.5 Å². The molecule has 0 atom stereocenters. The Labute approximate surface area is 124 Å². The van der Waals surface area contributed by atoms with Crippen LogP contribution in [0.25, 0.3) is 0 Å². The van der Waals surface area contributed by atoms with E-state index in [0.717, 1.165) is 16.8 Å². The Morgan fingerprint density at radius 1 is 1.47 bits per heavy atom. The van der Waals surface area contributed by atoms with Crippen LogP contribution in [-0.4, -0.2) is 9.78 Å². The molecule has 0 unspecified atom stereocenters. The molecule has 0 radical (unpaired) electrons. The minimum atomic E-state index is -0.380. The van der Waals surface area contributed by atoms with Crippen LogP contribution < -0.4 is 4.74 Å². The van der Waals surface area contributed by atoms with Crippen LogP contribution in [0.1, 0.15) is 16.8 Å². The van der Waals surface area contributed by atoms with E-state index in [9.17, 15) is 4.39 Å². The second-order valence-corrected chi connectivity index (χ2v) is 5.05. The summed E-state index contributed by atoms with van der Waals surface area (Å²) in [6, 6.07) is 4.84. The van der Waals surface area contributed by atoms with Gasteiger partial charge in [0, 0.05) is 23.5 Å². The van der Waals surface area contributed by atoms with Gasteiger partial charge in [0.2, 0.25) is 0 Å². The quantitative estimate of drug-likeness (QED) is 0.782. The summed E-state index contributed by atoms with van der Waals surface area (Å²) in [6.45, 7) is 2.04. The van der Waals surface area contributed by atoms with Crippen LogP contribution in [0, 0.1) is 12.7 Å². The molecular formula is C13H13BrClFN2O. The molecule has 0 N–H and O–H groups in total. The number of para-hydroxylation sites is 1. The second-order valence-electron chi connectivity index (χ2n) is 4.13. The Morgan fingerprint density at radius 2 is 2.21 bits per heavy atom. The predicted octanol–water partition coefficient (Wildman–Crippen LogP) is 3.99. The third kappa shape index (κ3) is 2.92. The Bertz CT molecular complexity index is 601. The van der Waals surface area contributed by atoms with Gasteiger partial charge in [0.25, 0.3) is 0 Å². The summed E-state index contributed by atoms with van der Waals surface area (Å²) in [6.07, 6.45) is 0. The number of alkyl halides is 1. The fourth-order valence-corrected chi connectivity index (χ4v) is 2.47. The Balaban J connectivity index is 2.24. The second kappa shape index (κ2) is 5.92. The zero-order valence-corrected chi connectivity index (χ0v) is 12.9. The van der Waals surface area contributed by atoms with Crippen molar-refractivity contribution in [1.29, 1.82) is 0 Å². The lowest BCUT2D eigenvalue weighted by molar-refractivity contribution is 0.287. The molecule has 0 saturated carbocycles. The van der Waals surface area contributed by atoms with E-state index in [-0.39, 0.29) is 18.2 Å². The fourth-order valence-electron chi connectivity index (χ4n) is 1.80. The lowest BCUT2D eigenvalue weighted by Gasteiger charge is -2.10. The lowest BCUT2D eigenvalue weighted by atomic mass is 10.2. The maximum atomic E-state index is 13.7. The van der Waals surface area contributed by atoms with E-state index in [1.807, 2.05) is 13.0 Å². The highest BCUT2D eigenvalue weighted by Gasteiger charge is 2.14. The number of halogens is 3. The summed E-state index contributed by atoms with van der Waals surface area (Å²) >= 11 is 9.42.